The Morgan fingerprint density at radius 2 is 1.26 bits per heavy atom. The average molecular weight is 399 g/mol. The van der Waals surface area contributed by atoms with Crippen molar-refractivity contribution in [2.75, 3.05) is 4.90 Å². The third-order valence-corrected chi connectivity index (χ3v) is 5.67. The zero-order valence-electron chi connectivity index (χ0n) is 17.3. The van der Waals surface area contributed by atoms with E-state index in [0.29, 0.717) is 5.56 Å². The SMILES string of the molecule is C=C=C1c2ccc(C)cc2C(=O)c2ccc(N(c3ccccc3)c3ccccc3)cc21. The van der Waals surface area contributed by atoms with Crippen LogP contribution in [0.1, 0.15) is 32.6 Å². The van der Waals surface area contributed by atoms with Gasteiger partial charge in [0.05, 0.1) is 0 Å². The Morgan fingerprint density at radius 1 is 0.645 bits per heavy atom. The Hall–Kier alpha value is -4.13. The molecule has 0 unspecified atom stereocenters. The summed E-state index contributed by atoms with van der Waals surface area (Å²) in [5, 5.41) is 0. The van der Waals surface area contributed by atoms with E-state index in [1.54, 1.807) is 0 Å². The van der Waals surface area contributed by atoms with Gasteiger partial charge in [-0.25, -0.2) is 0 Å². The summed E-state index contributed by atoms with van der Waals surface area (Å²) in [6.45, 7) is 5.93. The highest BCUT2D eigenvalue weighted by molar-refractivity contribution is 6.19. The largest absolute Gasteiger partial charge is 0.310 e. The van der Waals surface area contributed by atoms with Gasteiger partial charge < -0.3 is 4.90 Å². The van der Waals surface area contributed by atoms with Gasteiger partial charge in [-0.05, 0) is 55.5 Å². The molecule has 0 atom stereocenters. The maximum absolute atomic E-state index is 13.3. The third-order valence-electron chi connectivity index (χ3n) is 5.67. The number of hydrogen-bond donors (Lipinski definition) is 0. The van der Waals surface area contributed by atoms with Crippen LogP contribution in [0.3, 0.4) is 0 Å². The number of carbonyl (C=O) groups is 1. The van der Waals surface area contributed by atoms with E-state index < -0.39 is 0 Å². The highest BCUT2D eigenvalue weighted by Crippen LogP contribution is 2.41. The number of anilines is 3. The average Bonchev–Trinajstić information content (AvgIpc) is 2.81. The summed E-state index contributed by atoms with van der Waals surface area (Å²) in [6, 6.07) is 32.5. The van der Waals surface area contributed by atoms with Gasteiger partial charge in [-0.15, -0.1) is 5.73 Å². The van der Waals surface area contributed by atoms with Gasteiger partial charge in [0, 0.05) is 44.9 Å². The summed E-state index contributed by atoms with van der Waals surface area (Å²) in [6.07, 6.45) is 0. The Bertz CT molecular complexity index is 1310. The molecule has 2 heteroatoms. The number of fused-ring (bicyclic) bond motifs is 2. The fourth-order valence-electron chi connectivity index (χ4n) is 4.22. The van der Waals surface area contributed by atoms with Gasteiger partial charge in [0.1, 0.15) is 0 Å². The van der Waals surface area contributed by atoms with Crippen LogP contribution in [0.5, 0.6) is 0 Å². The van der Waals surface area contributed by atoms with Crippen LogP contribution in [-0.4, -0.2) is 5.78 Å². The third kappa shape index (κ3) is 3.20. The first-order valence-electron chi connectivity index (χ1n) is 10.3. The van der Waals surface area contributed by atoms with Crippen molar-refractivity contribution in [3.05, 3.63) is 137 Å². The molecule has 4 aromatic carbocycles. The van der Waals surface area contributed by atoms with Crippen molar-refractivity contribution in [1.29, 1.82) is 0 Å². The molecule has 5 rings (SSSR count). The maximum atomic E-state index is 13.3. The molecule has 1 aliphatic carbocycles. The number of carbonyl (C=O) groups excluding carboxylic acids is 1. The quantitative estimate of drug-likeness (QED) is 0.298. The molecule has 1 aliphatic rings. The smallest absolute Gasteiger partial charge is 0.194 e. The molecule has 0 bridgehead atoms. The van der Waals surface area contributed by atoms with Crippen LogP contribution in [0.2, 0.25) is 0 Å². The minimum atomic E-state index is 0.0465. The zero-order chi connectivity index (χ0) is 21.4. The number of nitrogens with zero attached hydrogens (tertiary/aromatic N) is 1. The molecule has 0 aliphatic heterocycles. The molecule has 0 radical (unpaired) electrons. The molecule has 0 aromatic heterocycles. The van der Waals surface area contributed by atoms with Crippen molar-refractivity contribution in [2.24, 2.45) is 0 Å². The van der Waals surface area contributed by atoms with Crippen LogP contribution < -0.4 is 4.90 Å². The molecule has 31 heavy (non-hydrogen) atoms. The van der Waals surface area contributed by atoms with Crippen LogP contribution in [0, 0.1) is 6.92 Å². The first kappa shape index (κ1) is 18.9. The number of para-hydroxylation sites is 2. The normalized spacial score (nSPS) is 12.0. The van der Waals surface area contributed by atoms with Crippen LogP contribution in [-0.2, 0) is 0 Å². The summed E-state index contributed by atoms with van der Waals surface area (Å²) in [5.74, 6) is 0.0465. The van der Waals surface area contributed by atoms with E-state index in [0.717, 1.165) is 44.9 Å². The van der Waals surface area contributed by atoms with Crippen LogP contribution in [0.25, 0.3) is 5.57 Å². The second-order valence-electron chi connectivity index (χ2n) is 7.67. The van der Waals surface area contributed by atoms with Gasteiger partial charge in [0.15, 0.2) is 5.78 Å². The highest BCUT2D eigenvalue weighted by Gasteiger charge is 2.28. The first-order valence-corrected chi connectivity index (χ1v) is 10.3. The summed E-state index contributed by atoms with van der Waals surface area (Å²) < 4.78 is 0. The molecule has 0 N–H and O–H groups in total. The predicted octanol–water partition coefficient (Wildman–Crippen LogP) is 7.23. The molecule has 148 valence electrons. The lowest BCUT2D eigenvalue weighted by atomic mass is 9.81. The highest BCUT2D eigenvalue weighted by atomic mass is 16.1. The molecular formula is C29H21NO. The van der Waals surface area contributed by atoms with Crippen LogP contribution >= 0.6 is 0 Å². The molecule has 0 spiro atoms. The molecule has 0 amide bonds. The molecule has 0 saturated carbocycles. The van der Waals surface area contributed by atoms with Gasteiger partial charge in [-0.2, -0.15) is 0 Å². The van der Waals surface area contributed by atoms with Crippen molar-refractivity contribution in [1.82, 2.24) is 0 Å². The van der Waals surface area contributed by atoms with Gasteiger partial charge in [-0.3, -0.25) is 4.79 Å². The lowest BCUT2D eigenvalue weighted by Crippen LogP contribution is -2.16. The lowest BCUT2D eigenvalue weighted by Gasteiger charge is -2.28. The van der Waals surface area contributed by atoms with Crippen molar-refractivity contribution >= 4 is 28.4 Å². The molecule has 0 fully saturated rings. The number of hydrogen-bond acceptors (Lipinski definition) is 2. The predicted molar refractivity (Wildman–Crippen MR) is 127 cm³/mol. The fraction of sp³-hybridized carbons (Fsp3) is 0.0345. The number of rotatable bonds is 3. The Balaban J connectivity index is 1.71. The molecule has 4 aromatic rings. The van der Waals surface area contributed by atoms with Gasteiger partial charge in [0.25, 0.3) is 0 Å². The van der Waals surface area contributed by atoms with Gasteiger partial charge >= 0.3 is 0 Å². The Kier molecular flexibility index (Phi) is 4.63. The fourth-order valence-corrected chi connectivity index (χ4v) is 4.22. The molecular weight excluding hydrogens is 378 g/mol. The van der Waals surface area contributed by atoms with E-state index in [1.807, 2.05) is 73.7 Å². The van der Waals surface area contributed by atoms with Crippen molar-refractivity contribution < 1.29 is 4.79 Å². The topological polar surface area (TPSA) is 20.3 Å². The summed E-state index contributed by atoms with van der Waals surface area (Å²) in [7, 11) is 0. The summed E-state index contributed by atoms with van der Waals surface area (Å²) >= 11 is 0. The van der Waals surface area contributed by atoms with E-state index in [-0.39, 0.29) is 5.78 Å². The van der Waals surface area contributed by atoms with Crippen LogP contribution in [0.4, 0.5) is 17.1 Å². The Morgan fingerprint density at radius 3 is 1.87 bits per heavy atom. The molecule has 0 heterocycles. The summed E-state index contributed by atoms with van der Waals surface area (Å²) in [4.78, 5) is 15.5. The molecule has 2 nitrogen and oxygen atoms in total. The van der Waals surface area contributed by atoms with E-state index in [1.165, 1.54) is 0 Å². The zero-order valence-corrected chi connectivity index (χ0v) is 17.3. The second kappa shape index (κ2) is 7.60. The monoisotopic (exact) mass is 399 g/mol. The van der Waals surface area contributed by atoms with Gasteiger partial charge in [-0.1, -0.05) is 60.7 Å². The Labute approximate surface area is 182 Å². The van der Waals surface area contributed by atoms with E-state index in [9.17, 15) is 4.79 Å². The second-order valence-corrected chi connectivity index (χ2v) is 7.67. The van der Waals surface area contributed by atoms with E-state index in [2.05, 4.69) is 47.5 Å². The van der Waals surface area contributed by atoms with E-state index >= 15 is 0 Å². The maximum Gasteiger partial charge on any atom is 0.194 e. The number of ketones is 1. The van der Waals surface area contributed by atoms with Crippen molar-refractivity contribution in [3.8, 4) is 0 Å². The van der Waals surface area contributed by atoms with Gasteiger partial charge in [0.2, 0.25) is 0 Å². The van der Waals surface area contributed by atoms with Crippen molar-refractivity contribution in [3.63, 3.8) is 0 Å². The lowest BCUT2D eigenvalue weighted by molar-refractivity contribution is 0.103. The number of benzene rings is 4. The molecule has 0 saturated heterocycles. The summed E-state index contributed by atoms with van der Waals surface area (Å²) in [5.41, 5.74) is 11.3. The number of aryl methyl sites for hydroxylation is 1. The minimum absolute atomic E-state index is 0.0465. The standard InChI is InChI=1S/C29H21NO/c1-3-24-25-16-14-20(2)18-28(25)29(31)26-17-15-23(19-27(24)26)30(21-10-6-4-7-11-21)22-12-8-5-9-13-22/h4-19H,1H2,2H3. The van der Waals surface area contributed by atoms with Crippen molar-refractivity contribution in [2.45, 2.75) is 6.92 Å². The minimum Gasteiger partial charge on any atom is -0.310 e. The van der Waals surface area contributed by atoms with E-state index in [4.69, 9.17) is 0 Å². The first-order chi connectivity index (χ1) is 15.2. The van der Waals surface area contributed by atoms with Crippen LogP contribution in [0.15, 0.2) is 109 Å².